The fraction of sp³-hybridized carbons (Fsp3) is 0.250. The molecule has 0 spiro atoms. The average Bonchev–Trinajstić information content (AvgIpc) is 2.36. The van der Waals surface area contributed by atoms with E-state index in [4.69, 9.17) is 5.73 Å². The van der Waals surface area contributed by atoms with Gasteiger partial charge in [-0.05, 0) is 48.6 Å². The Kier molecular flexibility index (Phi) is 3.96. The van der Waals surface area contributed by atoms with Gasteiger partial charge in [0, 0.05) is 12.1 Å². The zero-order valence-electron chi connectivity index (χ0n) is 11.1. The monoisotopic (exact) mass is 261 g/mol. The minimum absolute atomic E-state index is 0.292. The molecule has 1 unspecified atom stereocenters. The molecule has 1 atom stereocenters. The minimum Gasteiger partial charge on any atom is -0.324 e. The van der Waals surface area contributed by atoms with Crippen LogP contribution in [-0.2, 0) is 6.42 Å². The van der Waals surface area contributed by atoms with Gasteiger partial charge in [0.15, 0.2) is 0 Å². The second-order valence-corrected chi connectivity index (χ2v) is 4.89. The summed E-state index contributed by atoms with van der Waals surface area (Å²) >= 11 is 0. The van der Waals surface area contributed by atoms with Crippen molar-refractivity contribution in [2.45, 2.75) is 26.3 Å². The average molecular weight is 261 g/mol. The van der Waals surface area contributed by atoms with Crippen LogP contribution in [-0.4, -0.2) is 0 Å². The lowest BCUT2D eigenvalue weighted by molar-refractivity contribution is 0.563. The van der Waals surface area contributed by atoms with Gasteiger partial charge >= 0.3 is 0 Å². The van der Waals surface area contributed by atoms with E-state index in [1.807, 2.05) is 32.0 Å². The maximum atomic E-state index is 13.6. The highest BCUT2D eigenvalue weighted by Crippen LogP contribution is 2.21. The zero-order valence-corrected chi connectivity index (χ0v) is 11.1. The van der Waals surface area contributed by atoms with Crippen LogP contribution in [0.25, 0.3) is 0 Å². The first kappa shape index (κ1) is 13.7. The third-order valence-electron chi connectivity index (χ3n) is 3.41. The van der Waals surface area contributed by atoms with Crippen molar-refractivity contribution < 1.29 is 8.78 Å². The maximum absolute atomic E-state index is 13.6. The molecule has 0 saturated heterocycles. The van der Waals surface area contributed by atoms with Crippen molar-refractivity contribution in [3.8, 4) is 0 Å². The number of hydrogen-bond acceptors (Lipinski definition) is 1. The molecule has 0 heterocycles. The lowest BCUT2D eigenvalue weighted by Crippen LogP contribution is -2.14. The smallest absolute Gasteiger partial charge is 0.129 e. The van der Waals surface area contributed by atoms with Crippen LogP contribution in [0, 0.1) is 25.5 Å². The molecular formula is C16H17F2N. The fourth-order valence-corrected chi connectivity index (χ4v) is 2.04. The Hall–Kier alpha value is -1.74. The molecule has 0 amide bonds. The van der Waals surface area contributed by atoms with Crippen molar-refractivity contribution in [1.82, 2.24) is 0 Å². The predicted octanol–water partition coefficient (Wildman–Crippen LogP) is 3.82. The molecule has 1 nitrogen and oxygen atoms in total. The number of rotatable bonds is 3. The standard InChI is InChI=1S/C16H17F2N/c1-10-3-4-13(7-11(10)2)16(19)8-12-5-6-14(17)9-15(12)18/h3-7,9,16H,8,19H2,1-2H3. The molecule has 0 fully saturated rings. The maximum Gasteiger partial charge on any atom is 0.129 e. The summed E-state index contributed by atoms with van der Waals surface area (Å²) in [6.07, 6.45) is 0.356. The lowest BCUT2D eigenvalue weighted by atomic mass is 9.96. The Morgan fingerprint density at radius 3 is 2.37 bits per heavy atom. The summed E-state index contributed by atoms with van der Waals surface area (Å²) in [5.41, 5.74) is 9.85. The first-order valence-corrected chi connectivity index (χ1v) is 6.24. The van der Waals surface area contributed by atoms with Crippen LogP contribution >= 0.6 is 0 Å². The Labute approximate surface area is 112 Å². The molecule has 0 aliphatic heterocycles. The summed E-state index contributed by atoms with van der Waals surface area (Å²) in [5.74, 6) is -1.11. The Morgan fingerprint density at radius 2 is 1.74 bits per heavy atom. The molecule has 2 aromatic carbocycles. The Morgan fingerprint density at radius 1 is 1.00 bits per heavy atom. The first-order valence-electron chi connectivity index (χ1n) is 6.24. The second kappa shape index (κ2) is 5.49. The molecule has 19 heavy (non-hydrogen) atoms. The first-order chi connectivity index (χ1) is 8.97. The number of halogens is 2. The molecule has 2 N–H and O–H groups in total. The summed E-state index contributed by atoms with van der Waals surface area (Å²) in [6.45, 7) is 4.05. The van der Waals surface area contributed by atoms with Crippen LogP contribution in [0.5, 0.6) is 0 Å². The van der Waals surface area contributed by atoms with E-state index in [0.717, 1.165) is 17.2 Å². The molecule has 2 aromatic rings. The highest BCUT2D eigenvalue weighted by molar-refractivity contribution is 5.32. The quantitative estimate of drug-likeness (QED) is 0.893. The summed E-state index contributed by atoms with van der Waals surface area (Å²) in [4.78, 5) is 0. The minimum atomic E-state index is -0.569. The van der Waals surface area contributed by atoms with E-state index in [0.29, 0.717) is 12.0 Å². The number of nitrogens with two attached hydrogens (primary N) is 1. The van der Waals surface area contributed by atoms with E-state index < -0.39 is 11.6 Å². The Bertz CT molecular complexity index is 593. The van der Waals surface area contributed by atoms with E-state index in [2.05, 4.69) is 0 Å². The van der Waals surface area contributed by atoms with Crippen molar-refractivity contribution >= 4 is 0 Å². The van der Waals surface area contributed by atoms with Gasteiger partial charge in [-0.25, -0.2) is 8.78 Å². The molecule has 0 aromatic heterocycles. The van der Waals surface area contributed by atoms with Crippen molar-refractivity contribution in [1.29, 1.82) is 0 Å². The van der Waals surface area contributed by atoms with Gasteiger partial charge in [-0.3, -0.25) is 0 Å². The van der Waals surface area contributed by atoms with Gasteiger partial charge in [0.25, 0.3) is 0 Å². The lowest BCUT2D eigenvalue weighted by Gasteiger charge is -2.14. The van der Waals surface area contributed by atoms with Crippen LogP contribution in [0.4, 0.5) is 8.78 Å². The van der Waals surface area contributed by atoms with Crippen LogP contribution in [0.3, 0.4) is 0 Å². The van der Waals surface area contributed by atoms with Crippen molar-refractivity contribution in [3.05, 3.63) is 70.3 Å². The summed E-state index contributed by atoms with van der Waals surface area (Å²) in [7, 11) is 0. The van der Waals surface area contributed by atoms with Crippen LogP contribution in [0.1, 0.15) is 28.3 Å². The highest BCUT2D eigenvalue weighted by Gasteiger charge is 2.11. The third kappa shape index (κ3) is 3.18. The molecular weight excluding hydrogens is 244 g/mol. The van der Waals surface area contributed by atoms with Crippen molar-refractivity contribution in [2.24, 2.45) is 5.73 Å². The normalized spacial score (nSPS) is 12.5. The van der Waals surface area contributed by atoms with Crippen LogP contribution in [0.2, 0.25) is 0 Å². The molecule has 2 rings (SSSR count). The van der Waals surface area contributed by atoms with Gasteiger partial charge in [-0.2, -0.15) is 0 Å². The van der Waals surface area contributed by atoms with E-state index >= 15 is 0 Å². The van der Waals surface area contributed by atoms with Gasteiger partial charge in [0.1, 0.15) is 11.6 Å². The zero-order chi connectivity index (χ0) is 14.0. The van der Waals surface area contributed by atoms with Gasteiger partial charge in [0.2, 0.25) is 0 Å². The molecule has 0 bridgehead atoms. The third-order valence-corrected chi connectivity index (χ3v) is 3.41. The van der Waals surface area contributed by atoms with Crippen LogP contribution < -0.4 is 5.73 Å². The summed E-state index contributed by atoms with van der Waals surface area (Å²) < 4.78 is 26.4. The van der Waals surface area contributed by atoms with E-state index in [9.17, 15) is 8.78 Å². The molecule has 3 heteroatoms. The molecule has 0 saturated carbocycles. The van der Waals surface area contributed by atoms with Gasteiger partial charge in [0.05, 0.1) is 0 Å². The van der Waals surface area contributed by atoms with E-state index in [-0.39, 0.29) is 6.04 Å². The van der Waals surface area contributed by atoms with Crippen LogP contribution in [0.15, 0.2) is 36.4 Å². The van der Waals surface area contributed by atoms with Crippen molar-refractivity contribution in [2.75, 3.05) is 0 Å². The second-order valence-electron chi connectivity index (χ2n) is 4.89. The molecule has 0 radical (unpaired) electrons. The topological polar surface area (TPSA) is 26.0 Å². The summed E-state index contributed by atoms with van der Waals surface area (Å²) in [6, 6.07) is 9.28. The SMILES string of the molecule is Cc1ccc(C(N)Cc2ccc(F)cc2F)cc1C. The number of benzene rings is 2. The Balaban J connectivity index is 2.20. The highest BCUT2D eigenvalue weighted by atomic mass is 19.1. The number of hydrogen-bond donors (Lipinski definition) is 1. The van der Waals surface area contributed by atoms with Gasteiger partial charge in [-0.1, -0.05) is 24.3 Å². The molecule has 0 aliphatic carbocycles. The van der Waals surface area contributed by atoms with E-state index in [1.54, 1.807) is 0 Å². The van der Waals surface area contributed by atoms with E-state index in [1.165, 1.54) is 17.7 Å². The van der Waals surface area contributed by atoms with Gasteiger partial charge in [-0.15, -0.1) is 0 Å². The summed E-state index contributed by atoms with van der Waals surface area (Å²) in [5, 5.41) is 0. The number of aryl methyl sites for hydroxylation is 2. The predicted molar refractivity (Wildman–Crippen MR) is 72.9 cm³/mol. The molecule has 100 valence electrons. The largest absolute Gasteiger partial charge is 0.324 e. The van der Waals surface area contributed by atoms with Crippen molar-refractivity contribution in [3.63, 3.8) is 0 Å². The fourth-order valence-electron chi connectivity index (χ4n) is 2.04. The van der Waals surface area contributed by atoms with Gasteiger partial charge < -0.3 is 5.73 Å². The molecule has 0 aliphatic rings.